The lowest BCUT2D eigenvalue weighted by Gasteiger charge is -2.06. The summed E-state index contributed by atoms with van der Waals surface area (Å²) in [6.45, 7) is 0.645. The van der Waals surface area contributed by atoms with Crippen molar-refractivity contribution in [2.75, 3.05) is 12.4 Å². The number of hydrogen-bond donors (Lipinski definition) is 1. The van der Waals surface area contributed by atoms with E-state index < -0.39 is 0 Å². The minimum atomic E-state index is 0.376. The van der Waals surface area contributed by atoms with Gasteiger partial charge in [0.25, 0.3) is 0 Å². The van der Waals surface area contributed by atoms with Crippen LogP contribution in [0.5, 0.6) is 5.75 Å². The van der Waals surface area contributed by atoms with E-state index in [1.807, 2.05) is 24.3 Å². The topological polar surface area (TPSA) is 47.0 Å². The van der Waals surface area contributed by atoms with Crippen molar-refractivity contribution in [1.82, 2.24) is 9.97 Å². The van der Waals surface area contributed by atoms with Crippen molar-refractivity contribution in [2.24, 2.45) is 0 Å². The van der Waals surface area contributed by atoms with Crippen LogP contribution in [0.1, 0.15) is 5.56 Å². The molecule has 88 valence electrons. The van der Waals surface area contributed by atoms with Crippen molar-refractivity contribution < 1.29 is 4.74 Å². The second-order valence-corrected chi connectivity index (χ2v) is 3.82. The van der Waals surface area contributed by atoms with E-state index in [-0.39, 0.29) is 0 Å². The third-order valence-corrected chi connectivity index (χ3v) is 2.40. The van der Waals surface area contributed by atoms with Crippen molar-refractivity contribution in [1.29, 1.82) is 0 Å². The Labute approximate surface area is 105 Å². The quantitative estimate of drug-likeness (QED) is 0.905. The van der Waals surface area contributed by atoms with Crippen LogP contribution in [0.2, 0.25) is 5.15 Å². The first-order valence-corrected chi connectivity index (χ1v) is 5.50. The van der Waals surface area contributed by atoms with Crippen molar-refractivity contribution in [3.63, 3.8) is 0 Å². The Bertz CT molecular complexity index is 505. The van der Waals surface area contributed by atoms with Gasteiger partial charge in [0.05, 0.1) is 19.5 Å². The molecular formula is C12H12ClN3O. The Balaban J connectivity index is 2.02. The first-order valence-electron chi connectivity index (χ1n) is 5.12. The molecule has 0 atom stereocenters. The number of aromatic nitrogens is 2. The summed E-state index contributed by atoms with van der Waals surface area (Å²) in [5.41, 5.74) is 1.10. The lowest BCUT2D eigenvalue weighted by Crippen LogP contribution is -2.02. The molecule has 0 radical (unpaired) electrons. The molecule has 1 aromatic heterocycles. The van der Waals surface area contributed by atoms with Crippen LogP contribution in [0, 0.1) is 0 Å². The maximum Gasteiger partial charge on any atom is 0.149 e. The minimum absolute atomic E-state index is 0.376. The Morgan fingerprint density at radius 1 is 1.35 bits per heavy atom. The van der Waals surface area contributed by atoms with E-state index in [0.717, 1.165) is 11.3 Å². The highest BCUT2D eigenvalue weighted by atomic mass is 35.5. The second-order valence-electron chi connectivity index (χ2n) is 3.43. The SMILES string of the molecule is COc1cccc(CNc2cncc(Cl)n2)c1. The van der Waals surface area contributed by atoms with E-state index in [0.29, 0.717) is 17.5 Å². The number of benzene rings is 1. The molecule has 0 saturated heterocycles. The van der Waals surface area contributed by atoms with Crippen molar-refractivity contribution in [2.45, 2.75) is 6.54 Å². The van der Waals surface area contributed by atoms with Gasteiger partial charge in [-0.3, -0.25) is 4.98 Å². The highest BCUT2D eigenvalue weighted by Crippen LogP contribution is 2.14. The third kappa shape index (κ3) is 3.32. The number of nitrogens with zero attached hydrogens (tertiary/aromatic N) is 2. The smallest absolute Gasteiger partial charge is 0.149 e. The lowest BCUT2D eigenvalue weighted by atomic mass is 10.2. The average molecular weight is 250 g/mol. The molecule has 0 aliphatic carbocycles. The highest BCUT2D eigenvalue weighted by Gasteiger charge is 1.98. The fraction of sp³-hybridized carbons (Fsp3) is 0.167. The zero-order valence-corrected chi connectivity index (χ0v) is 10.1. The fourth-order valence-corrected chi connectivity index (χ4v) is 1.55. The molecule has 4 nitrogen and oxygen atoms in total. The van der Waals surface area contributed by atoms with E-state index >= 15 is 0 Å². The second kappa shape index (κ2) is 5.50. The summed E-state index contributed by atoms with van der Waals surface area (Å²) in [6, 6.07) is 7.82. The van der Waals surface area contributed by atoms with Gasteiger partial charge in [0.15, 0.2) is 0 Å². The highest BCUT2D eigenvalue weighted by molar-refractivity contribution is 6.29. The normalized spacial score (nSPS) is 10.0. The Morgan fingerprint density at radius 3 is 3.00 bits per heavy atom. The van der Waals surface area contributed by atoms with Gasteiger partial charge in [-0.2, -0.15) is 0 Å². The van der Waals surface area contributed by atoms with Crippen LogP contribution in [-0.4, -0.2) is 17.1 Å². The molecule has 17 heavy (non-hydrogen) atoms. The van der Waals surface area contributed by atoms with Crippen molar-refractivity contribution in [3.8, 4) is 5.75 Å². The first kappa shape index (κ1) is 11.7. The maximum atomic E-state index is 5.74. The van der Waals surface area contributed by atoms with Gasteiger partial charge in [-0.15, -0.1) is 0 Å². The number of rotatable bonds is 4. The van der Waals surface area contributed by atoms with E-state index in [9.17, 15) is 0 Å². The fourth-order valence-electron chi connectivity index (χ4n) is 1.40. The summed E-state index contributed by atoms with van der Waals surface area (Å²) in [5, 5.41) is 3.52. The Hall–Kier alpha value is -1.81. The molecule has 1 aromatic carbocycles. The summed E-state index contributed by atoms with van der Waals surface area (Å²) in [6.07, 6.45) is 3.13. The van der Waals surface area contributed by atoms with Gasteiger partial charge < -0.3 is 10.1 Å². The van der Waals surface area contributed by atoms with E-state index in [2.05, 4.69) is 15.3 Å². The zero-order chi connectivity index (χ0) is 12.1. The molecule has 1 heterocycles. The Morgan fingerprint density at radius 2 is 2.24 bits per heavy atom. The van der Waals surface area contributed by atoms with Crippen LogP contribution < -0.4 is 10.1 Å². The molecule has 0 unspecified atom stereocenters. The summed E-state index contributed by atoms with van der Waals surface area (Å²) < 4.78 is 5.15. The third-order valence-electron chi connectivity index (χ3n) is 2.21. The van der Waals surface area contributed by atoms with Gasteiger partial charge in [0.2, 0.25) is 0 Å². The summed E-state index contributed by atoms with van der Waals surface area (Å²) in [4.78, 5) is 8.04. The molecule has 0 saturated carbocycles. The lowest BCUT2D eigenvalue weighted by molar-refractivity contribution is 0.414. The van der Waals surface area contributed by atoms with Gasteiger partial charge >= 0.3 is 0 Å². The summed E-state index contributed by atoms with van der Waals surface area (Å²) in [7, 11) is 1.65. The van der Waals surface area contributed by atoms with E-state index in [1.54, 1.807) is 13.3 Å². The van der Waals surface area contributed by atoms with Crippen molar-refractivity contribution >= 4 is 17.4 Å². The molecule has 5 heteroatoms. The van der Waals surface area contributed by atoms with Crippen LogP contribution in [0.3, 0.4) is 0 Å². The molecule has 0 fully saturated rings. The predicted octanol–water partition coefficient (Wildman–Crippen LogP) is 2.75. The van der Waals surface area contributed by atoms with Crippen LogP contribution in [-0.2, 0) is 6.54 Å². The monoisotopic (exact) mass is 249 g/mol. The molecule has 0 aliphatic rings. The summed E-state index contributed by atoms with van der Waals surface area (Å²) >= 11 is 5.74. The van der Waals surface area contributed by atoms with Gasteiger partial charge in [0, 0.05) is 6.54 Å². The minimum Gasteiger partial charge on any atom is -0.497 e. The number of halogens is 1. The maximum absolute atomic E-state index is 5.74. The molecule has 0 spiro atoms. The number of nitrogens with one attached hydrogen (secondary N) is 1. The standard InChI is InChI=1S/C12H12ClN3O/c1-17-10-4-2-3-9(5-10)6-15-12-8-14-7-11(13)16-12/h2-5,7-8H,6H2,1H3,(H,15,16). The number of ether oxygens (including phenoxy) is 1. The molecule has 0 amide bonds. The van der Waals surface area contributed by atoms with Crippen LogP contribution in [0.15, 0.2) is 36.7 Å². The van der Waals surface area contributed by atoms with Gasteiger partial charge in [-0.1, -0.05) is 23.7 Å². The van der Waals surface area contributed by atoms with Crippen LogP contribution in [0.25, 0.3) is 0 Å². The van der Waals surface area contributed by atoms with Gasteiger partial charge in [0.1, 0.15) is 16.7 Å². The Kier molecular flexibility index (Phi) is 3.77. The van der Waals surface area contributed by atoms with E-state index in [4.69, 9.17) is 16.3 Å². The molecular weight excluding hydrogens is 238 g/mol. The van der Waals surface area contributed by atoms with Gasteiger partial charge in [-0.25, -0.2) is 4.98 Å². The van der Waals surface area contributed by atoms with Crippen LogP contribution >= 0.6 is 11.6 Å². The molecule has 0 aliphatic heterocycles. The number of anilines is 1. The number of hydrogen-bond acceptors (Lipinski definition) is 4. The van der Waals surface area contributed by atoms with Crippen LogP contribution in [0.4, 0.5) is 5.82 Å². The summed E-state index contributed by atoms with van der Waals surface area (Å²) in [5.74, 6) is 1.49. The first-order chi connectivity index (χ1) is 8.28. The molecule has 0 bridgehead atoms. The predicted molar refractivity (Wildman–Crippen MR) is 67.4 cm³/mol. The zero-order valence-electron chi connectivity index (χ0n) is 9.35. The van der Waals surface area contributed by atoms with Gasteiger partial charge in [-0.05, 0) is 17.7 Å². The van der Waals surface area contributed by atoms with Crippen molar-refractivity contribution in [3.05, 3.63) is 47.4 Å². The molecule has 1 N–H and O–H groups in total. The molecule has 2 aromatic rings. The number of methoxy groups -OCH3 is 1. The average Bonchev–Trinajstić information content (AvgIpc) is 2.37. The largest absolute Gasteiger partial charge is 0.497 e. The molecule has 2 rings (SSSR count). The van der Waals surface area contributed by atoms with E-state index in [1.165, 1.54) is 6.20 Å².